The van der Waals surface area contributed by atoms with Gasteiger partial charge < -0.3 is 5.32 Å². The molecule has 0 aliphatic carbocycles. The van der Waals surface area contributed by atoms with Crippen LogP contribution >= 0.6 is 11.6 Å². The molecule has 2 rings (SSSR count). The summed E-state index contributed by atoms with van der Waals surface area (Å²) in [6, 6.07) is 4.46. The van der Waals surface area contributed by atoms with Crippen molar-refractivity contribution in [1.82, 2.24) is 5.32 Å². The fraction of sp³-hybridized carbons (Fsp3) is 0.500. The maximum absolute atomic E-state index is 13.7. The number of hydrogen-bond acceptors (Lipinski definition) is 2. The van der Waals surface area contributed by atoms with Crippen molar-refractivity contribution in [1.29, 1.82) is 0 Å². The lowest BCUT2D eigenvalue weighted by atomic mass is 9.86. The van der Waals surface area contributed by atoms with Gasteiger partial charge in [0.05, 0.1) is 5.54 Å². The number of rotatable bonds is 4. The summed E-state index contributed by atoms with van der Waals surface area (Å²) in [6.07, 6.45) is 2.73. The highest BCUT2D eigenvalue weighted by Crippen LogP contribution is 2.26. The SMILES string of the molecule is CCC1(C(=O)Cc2ccc(Cl)cc2F)CCCN1. The number of ketones is 1. The standard InChI is InChI=1S/C14H17ClFNO/c1-2-14(6-3-7-17-14)13(18)8-10-4-5-11(15)9-12(10)16/h4-5,9,17H,2-3,6-8H2,1H3. The molecule has 2 nitrogen and oxygen atoms in total. The molecule has 1 aromatic carbocycles. The Balaban J connectivity index is 2.15. The van der Waals surface area contributed by atoms with Gasteiger partial charge in [0.25, 0.3) is 0 Å². The summed E-state index contributed by atoms with van der Waals surface area (Å²) >= 11 is 5.70. The fourth-order valence-corrected chi connectivity index (χ4v) is 2.71. The van der Waals surface area contributed by atoms with Gasteiger partial charge in [-0.05, 0) is 43.5 Å². The van der Waals surface area contributed by atoms with Crippen molar-refractivity contribution in [3.05, 3.63) is 34.6 Å². The number of carbonyl (C=O) groups is 1. The second-order valence-electron chi connectivity index (χ2n) is 4.80. The Bertz CT molecular complexity index is 455. The summed E-state index contributed by atoms with van der Waals surface area (Å²) in [4.78, 5) is 12.3. The second-order valence-corrected chi connectivity index (χ2v) is 5.24. The molecule has 0 radical (unpaired) electrons. The van der Waals surface area contributed by atoms with Crippen LogP contribution in [0.25, 0.3) is 0 Å². The van der Waals surface area contributed by atoms with Gasteiger partial charge in [0.1, 0.15) is 5.82 Å². The van der Waals surface area contributed by atoms with Gasteiger partial charge in [-0.2, -0.15) is 0 Å². The van der Waals surface area contributed by atoms with E-state index in [0.29, 0.717) is 10.6 Å². The summed E-state index contributed by atoms with van der Waals surface area (Å²) in [5.74, 6) is -0.330. The molecule has 0 aromatic heterocycles. The van der Waals surface area contributed by atoms with Gasteiger partial charge in [-0.15, -0.1) is 0 Å². The number of carbonyl (C=O) groups excluding carboxylic acids is 1. The summed E-state index contributed by atoms with van der Waals surface area (Å²) in [5.41, 5.74) is -0.0302. The van der Waals surface area contributed by atoms with Crippen LogP contribution in [0.15, 0.2) is 18.2 Å². The molecule has 1 saturated heterocycles. The highest BCUT2D eigenvalue weighted by Gasteiger charge is 2.38. The van der Waals surface area contributed by atoms with E-state index in [2.05, 4.69) is 5.32 Å². The highest BCUT2D eigenvalue weighted by atomic mass is 35.5. The average Bonchev–Trinajstić information content (AvgIpc) is 2.82. The molecule has 0 bridgehead atoms. The van der Waals surface area contributed by atoms with Gasteiger partial charge >= 0.3 is 0 Å². The molecule has 98 valence electrons. The van der Waals surface area contributed by atoms with Crippen LogP contribution in [0.3, 0.4) is 0 Å². The molecule has 1 aliphatic rings. The zero-order chi connectivity index (χ0) is 13.2. The van der Waals surface area contributed by atoms with Crippen molar-refractivity contribution in [3.63, 3.8) is 0 Å². The molecule has 1 N–H and O–H groups in total. The normalized spacial score (nSPS) is 23.3. The van der Waals surface area contributed by atoms with E-state index in [-0.39, 0.29) is 12.2 Å². The van der Waals surface area contributed by atoms with E-state index in [0.717, 1.165) is 25.8 Å². The largest absolute Gasteiger partial charge is 0.305 e. The zero-order valence-corrected chi connectivity index (χ0v) is 11.2. The maximum atomic E-state index is 13.7. The molecular formula is C14H17ClFNO. The number of nitrogens with one attached hydrogen (secondary N) is 1. The molecule has 0 spiro atoms. The topological polar surface area (TPSA) is 29.1 Å². The Morgan fingerprint density at radius 1 is 1.56 bits per heavy atom. The van der Waals surface area contributed by atoms with Gasteiger partial charge in [-0.25, -0.2) is 4.39 Å². The first-order chi connectivity index (χ1) is 8.57. The predicted octanol–water partition coefficient (Wildman–Crippen LogP) is 3.12. The van der Waals surface area contributed by atoms with Crippen molar-refractivity contribution >= 4 is 17.4 Å². The van der Waals surface area contributed by atoms with Crippen LogP contribution in [0.5, 0.6) is 0 Å². The Hall–Kier alpha value is -0.930. The van der Waals surface area contributed by atoms with Crippen LogP contribution in [0.2, 0.25) is 5.02 Å². The van der Waals surface area contributed by atoms with Crippen LogP contribution in [0, 0.1) is 5.82 Å². The number of benzene rings is 1. The molecule has 1 unspecified atom stereocenters. The van der Waals surface area contributed by atoms with E-state index in [4.69, 9.17) is 11.6 Å². The zero-order valence-electron chi connectivity index (χ0n) is 10.4. The molecule has 1 fully saturated rings. The lowest BCUT2D eigenvalue weighted by molar-refractivity contribution is -0.124. The average molecular weight is 270 g/mol. The van der Waals surface area contributed by atoms with Crippen LogP contribution in [0.1, 0.15) is 31.7 Å². The van der Waals surface area contributed by atoms with Crippen molar-refractivity contribution in [2.45, 2.75) is 38.1 Å². The van der Waals surface area contributed by atoms with E-state index < -0.39 is 11.4 Å². The Kier molecular flexibility index (Phi) is 4.03. The van der Waals surface area contributed by atoms with Gasteiger partial charge in [0, 0.05) is 11.4 Å². The molecular weight excluding hydrogens is 253 g/mol. The van der Waals surface area contributed by atoms with Gasteiger partial charge in [-0.3, -0.25) is 4.79 Å². The van der Waals surface area contributed by atoms with Crippen molar-refractivity contribution in [2.24, 2.45) is 0 Å². The first-order valence-corrected chi connectivity index (χ1v) is 6.67. The van der Waals surface area contributed by atoms with Gasteiger partial charge in [0.15, 0.2) is 5.78 Å². The Morgan fingerprint density at radius 3 is 2.89 bits per heavy atom. The predicted molar refractivity (Wildman–Crippen MR) is 70.4 cm³/mol. The van der Waals surface area contributed by atoms with Crippen molar-refractivity contribution in [2.75, 3.05) is 6.54 Å². The summed E-state index contributed by atoms with van der Waals surface area (Å²) in [5, 5.41) is 3.63. The highest BCUT2D eigenvalue weighted by molar-refractivity contribution is 6.30. The third-order valence-electron chi connectivity index (χ3n) is 3.75. The molecule has 4 heteroatoms. The third kappa shape index (κ3) is 2.57. The molecule has 1 heterocycles. The van der Waals surface area contributed by atoms with Crippen LogP contribution in [-0.4, -0.2) is 17.9 Å². The van der Waals surface area contributed by atoms with Crippen molar-refractivity contribution in [3.8, 4) is 0 Å². The number of hydrogen-bond donors (Lipinski definition) is 1. The smallest absolute Gasteiger partial charge is 0.157 e. The Labute approximate surface area is 112 Å². The van der Waals surface area contributed by atoms with E-state index in [1.165, 1.54) is 6.07 Å². The number of Topliss-reactive ketones (excluding diaryl/α,β-unsaturated/α-hetero) is 1. The summed E-state index contributed by atoms with van der Waals surface area (Å²) in [6.45, 7) is 2.86. The molecule has 0 saturated carbocycles. The minimum absolute atomic E-state index is 0.0729. The minimum Gasteiger partial charge on any atom is -0.305 e. The molecule has 1 aliphatic heterocycles. The quantitative estimate of drug-likeness (QED) is 0.910. The maximum Gasteiger partial charge on any atom is 0.157 e. The van der Waals surface area contributed by atoms with Crippen LogP contribution < -0.4 is 5.32 Å². The van der Waals surface area contributed by atoms with Crippen LogP contribution in [0.4, 0.5) is 4.39 Å². The van der Waals surface area contributed by atoms with Gasteiger partial charge in [0.2, 0.25) is 0 Å². The first kappa shape index (κ1) is 13.5. The Morgan fingerprint density at radius 2 is 2.33 bits per heavy atom. The second kappa shape index (κ2) is 5.37. The monoisotopic (exact) mass is 269 g/mol. The summed E-state index contributed by atoms with van der Waals surface area (Å²) < 4.78 is 13.7. The van der Waals surface area contributed by atoms with Crippen LogP contribution in [-0.2, 0) is 11.2 Å². The van der Waals surface area contributed by atoms with Gasteiger partial charge in [-0.1, -0.05) is 24.6 Å². The first-order valence-electron chi connectivity index (χ1n) is 6.29. The van der Waals surface area contributed by atoms with Crippen molar-refractivity contribution < 1.29 is 9.18 Å². The fourth-order valence-electron chi connectivity index (χ4n) is 2.55. The van der Waals surface area contributed by atoms with E-state index in [1.807, 2.05) is 6.92 Å². The lowest BCUT2D eigenvalue weighted by Crippen LogP contribution is -2.47. The van der Waals surface area contributed by atoms with E-state index in [9.17, 15) is 9.18 Å². The molecule has 1 atom stereocenters. The van der Waals surface area contributed by atoms with E-state index >= 15 is 0 Å². The molecule has 1 aromatic rings. The molecule has 0 amide bonds. The summed E-state index contributed by atoms with van der Waals surface area (Å²) in [7, 11) is 0. The minimum atomic E-state index is -0.452. The lowest BCUT2D eigenvalue weighted by Gasteiger charge is -2.26. The number of halogens is 2. The third-order valence-corrected chi connectivity index (χ3v) is 3.98. The van der Waals surface area contributed by atoms with E-state index in [1.54, 1.807) is 12.1 Å². The molecule has 18 heavy (non-hydrogen) atoms.